The number of nitrogens with zero attached hydrogens (tertiary/aromatic N) is 2. The first-order valence-corrected chi connectivity index (χ1v) is 5.78. The largest absolute Gasteiger partial charge is 0.381 e. The molecule has 0 amide bonds. The van der Waals surface area contributed by atoms with Gasteiger partial charge in [0.25, 0.3) is 0 Å². The van der Waals surface area contributed by atoms with Crippen LogP contribution in [0.3, 0.4) is 0 Å². The van der Waals surface area contributed by atoms with E-state index in [4.69, 9.17) is 4.74 Å². The second kappa shape index (κ2) is 4.18. The molecule has 1 aromatic rings. The average molecular weight is 223 g/mol. The standard InChI is InChI=1S/C12H21N3O/c1-12(2)9(7-10(12)16-4)14-8-11-13-5-6-15(11)3/h5-6,9-10,14H,7-8H2,1-4H3. The highest BCUT2D eigenvalue weighted by Gasteiger charge is 2.48. The van der Waals surface area contributed by atoms with Gasteiger partial charge in [0.05, 0.1) is 12.6 Å². The van der Waals surface area contributed by atoms with E-state index in [0.29, 0.717) is 12.1 Å². The molecule has 0 bridgehead atoms. The lowest BCUT2D eigenvalue weighted by Crippen LogP contribution is -2.60. The lowest BCUT2D eigenvalue weighted by Gasteiger charge is -2.51. The van der Waals surface area contributed by atoms with E-state index in [1.165, 1.54) is 0 Å². The molecule has 1 saturated carbocycles. The Morgan fingerprint density at radius 1 is 1.62 bits per heavy atom. The van der Waals surface area contributed by atoms with E-state index in [0.717, 1.165) is 18.8 Å². The van der Waals surface area contributed by atoms with Gasteiger partial charge in [0.15, 0.2) is 0 Å². The minimum atomic E-state index is 0.222. The molecule has 0 aromatic carbocycles. The van der Waals surface area contributed by atoms with Crippen LogP contribution in [-0.2, 0) is 18.3 Å². The van der Waals surface area contributed by atoms with Gasteiger partial charge in [-0.05, 0) is 6.42 Å². The zero-order valence-corrected chi connectivity index (χ0v) is 10.5. The van der Waals surface area contributed by atoms with Gasteiger partial charge in [0, 0.05) is 38.0 Å². The number of rotatable bonds is 4. The number of nitrogens with one attached hydrogen (secondary N) is 1. The second-order valence-corrected chi connectivity index (χ2v) is 5.17. The maximum absolute atomic E-state index is 5.43. The molecule has 2 unspecified atom stereocenters. The van der Waals surface area contributed by atoms with Gasteiger partial charge < -0.3 is 14.6 Å². The van der Waals surface area contributed by atoms with Crippen molar-refractivity contribution in [1.82, 2.24) is 14.9 Å². The highest BCUT2D eigenvalue weighted by Crippen LogP contribution is 2.42. The number of ether oxygens (including phenoxy) is 1. The summed E-state index contributed by atoms with van der Waals surface area (Å²) in [5.41, 5.74) is 0.222. The van der Waals surface area contributed by atoms with Gasteiger partial charge in [-0.15, -0.1) is 0 Å². The highest BCUT2D eigenvalue weighted by atomic mass is 16.5. The van der Waals surface area contributed by atoms with Crippen molar-refractivity contribution in [2.45, 2.75) is 39.0 Å². The Balaban J connectivity index is 1.87. The number of hydrogen-bond donors (Lipinski definition) is 1. The minimum absolute atomic E-state index is 0.222. The van der Waals surface area contributed by atoms with Crippen LogP contribution in [0.1, 0.15) is 26.1 Å². The van der Waals surface area contributed by atoms with E-state index in [9.17, 15) is 0 Å². The Hall–Kier alpha value is -0.870. The molecule has 0 aliphatic heterocycles. The maximum atomic E-state index is 5.43. The average Bonchev–Trinajstić information content (AvgIpc) is 2.63. The van der Waals surface area contributed by atoms with Gasteiger partial charge in [-0.2, -0.15) is 0 Å². The number of methoxy groups -OCH3 is 1. The predicted octanol–water partition coefficient (Wildman–Crippen LogP) is 1.32. The van der Waals surface area contributed by atoms with Crippen LogP contribution in [0.25, 0.3) is 0 Å². The van der Waals surface area contributed by atoms with E-state index in [1.807, 2.05) is 24.0 Å². The van der Waals surface area contributed by atoms with Crippen molar-refractivity contribution in [2.75, 3.05) is 7.11 Å². The van der Waals surface area contributed by atoms with Crippen molar-refractivity contribution < 1.29 is 4.74 Å². The summed E-state index contributed by atoms with van der Waals surface area (Å²) in [6.07, 6.45) is 5.28. The van der Waals surface area contributed by atoms with Gasteiger partial charge in [0.1, 0.15) is 5.82 Å². The van der Waals surface area contributed by atoms with Crippen molar-refractivity contribution >= 4 is 0 Å². The first kappa shape index (κ1) is 11.6. The molecule has 16 heavy (non-hydrogen) atoms. The molecule has 1 fully saturated rings. The highest BCUT2D eigenvalue weighted by molar-refractivity contribution is 5.03. The third-order valence-corrected chi connectivity index (χ3v) is 3.89. The fraction of sp³-hybridized carbons (Fsp3) is 0.750. The number of aryl methyl sites for hydroxylation is 1. The van der Waals surface area contributed by atoms with Crippen LogP contribution in [0.15, 0.2) is 12.4 Å². The molecule has 1 heterocycles. The Morgan fingerprint density at radius 2 is 2.38 bits per heavy atom. The van der Waals surface area contributed by atoms with Crippen LogP contribution in [0.2, 0.25) is 0 Å². The zero-order valence-electron chi connectivity index (χ0n) is 10.5. The van der Waals surface area contributed by atoms with Crippen molar-refractivity contribution in [3.8, 4) is 0 Å². The SMILES string of the molecule is COC1CC(NCc2nccn2C)C1(C)C. The molecule has 2 atom stereocenters. The van der Waals surface area contributed by atoms with Crippen LogP contribution in [0, 0.1) is 5.41 Å². The topological polar surface area (TPSA) is 39.1 Å². The minimum Gasteiger partial charge on any atom is -0.381 e. The normalized spacial score (nSPS) is 27.8. The van der Waals surface area contributed by atoms with Gasteiger partial charge in [-0.1, -0.05) is 13.8 Å². The molecule has 0 radical (unpaired) electrons. The van der Waals surface area contributed by atoms with Crippen LogP contribution in [-0.4, -0.2) is 28.8 Å². The summed E-state index contributed by atoms with van der Waals surface area (Å²) < 4.78 is 7.48. The molecular formula is C12H21N3O. The molecule has 4 nitrogen and oxygen atoms in total. The lowest BCUT2D eigenvalue weighted by atomic mass is 9.64. The number of hydrogen-bond acceptors (Lipinski definition) is 3. The lowest BCUT2D eigenvalue weighted by molar-refractivity contribution is -0.0980. The van der Waals surface area contributed by atoms with Crippen LogP contribution in [0.5, 0.6) is 0 Å². The molecule has 90 valence electrons. The quantitative estimate of drug-likeness (QED) is 0.837. The predicted molar refractivity (Wildman–Crippen MR) is 63.0 cm³/mol. The van der Waals surface area contributed by atoms with Gasteiger partial charge >= 0.3 is 0 Å². The molecule has 4 heteroatoms. The monoisotopic (exact) mass is 223 g/mol. The van der Waals surface area contributed by atoms with Crippen LogP contribution < -0.4 is 5.32 Å². The van der Waals surface area contributed by atoms with Crippen molar-refractivity contribution in [1.29, 1.82) is 0 Å². The first-order valence-electron chi connectivity index (χ1n) is 5.78. The summed E-state index contributed by atoms with van der Waals surface area (Å²) in [5, 5.41) is 3.55. The molecule has 1 aliphatic rings. The van der Waals surface area contributed by atoms with E-state index in [1.54, 1.807) is 7.11 Å². The van der Waals surface area contributed by atoms with Crippen molar-refractivity contribution in [3.63, 3.8) is 0 Å². The number of imidazole rings is 1. The summed E-state index contributed by atoms with van der Waals surface area (Å²) in [7, 11) is 3.81. The van der Waals surface area contributed by atoms with Crippen molar-refractivity contribution in [2.24, 2.45) is 12.5 Å². The summed E-state index contributed by atoms with van der Waals surface area (Å²) in [5.74, 6) is 1.08. The summed E-state index contributed by atoms with van der Waals surface area (Å²) >= 11 is 0. The van der Waals surface area contributed by atoms with Gasteiger partial charge in [-0.3, -0.25) is 0 Å². The Morgan fingerprint density at radius 3 is 2.88 bits per heavy atom. The summed E-state index contributed by atoms with van der Waals surface area (Å²) in [6.45, 7) is 5.33. The molecule has 1 aliphatic carbocycles. The Kier molecular flexibility index (Phi) is 3.04. The Bertz CT molecular complexity index is 359. The zero-order chi connectivity index (χ0) is 11.8. The molecule has 1 N–H and O–H groups in total. The van der Waals surface area contributed by atoms with Gasteiger partial charge in [-0.25, -0.2) is 4.98 Å². The number of aromatic nitrogens is 2. The molecule has 2 rings (SSSR count). The summed E-state index contributed by atoms with van der Waals surface area (Å²) in [6, 6.07) is 0.522. The molecule has 0 spiro atoms. The smallest absolute Gasteiger partial charge is 0.122 e. The van der Waals surface area contributed by atoms with Crippen molar-refractivity contribution in [3.05, 3.63) is 18.2 Å². The fourth-order valence-corrected chi connectivity index (χ4v) is 2.41. The van der Waals surface area contributed by atoms with Crippen LogP contribution in [0.4, 0.5) is 0 Å². The second-order valence-electron chi connectivity index (χ2n) is 5.17. The third kappa shape index (κ3) is 1.87. The van der Waals surface area contributed by atoms with E-state index >= 15 is 0 Å². The fourth-order valence-electron chi connectivity index (χ4n) is 2.41. The molecule has 1 aromatic heterocycles. The van der Waals surface area contributed by atoms with E-state index in [-0.39, 0.29) is 5.41 Å². The van der Waals surface area contributed by atoms with E-state index < -0.39 is 0 Å². The molecule has 0 saturated heterocycles. The Labute approximate surface area is 97.0 Å². The van der Waals surface area contributed by atoms with Crippen LogP contribution >= 0.6 is 0 Å². The maximum Gasteiger partial charge on any atom is 0.122 e. The first-order chi connectivity index (χ1) is 7.55. The van der Waals surface area contributed by atoms with E-state index in [2.05, 4.69) is 24.1 Å². The third-order valence-electron chi connectivity index (χ3n) is 3.89. The molecular weight excluding hydrogens is 202 g/mol. The summed E-state index contributed by atoms with van der Waals surface area (Å²) in [4.78, 5) is 4.30. The van der Waals surface area contributed by atoms with Gasteiger partial charge in [0.2, 0.25) is 0 Å².